The van der Waals surface area contributed by atoms with E-state index in [9.17, 15) is 4.79 Å². The van der Waals surface area contributed by atoms with Gasteiger partial charge in [-0.2, -0.15) is 0 Å². The second kappa shape index (κ2) is 5.73. The summed E-state index contributed by atoms with van der Waals surface area (Å²) in [4.78, 5) is 11.0. The molecular weight excluding hydrogens is 230 g/mol. The van der Waals surface area contributed by atoms with Gasteiger partial charge in [0.05, 0.1) is 11.4 Å². The first-order chi connectivity index (χ1) is 8.41. The van der Waals surface area contributed by atoms with Gasteiger partial charge in [0, 0.05) is 17.7 Å². The maximum atomic E-state index is 11.0. The van der Waals surface area contributed by atoms with Crippen molar-refractivity contribution in [3.05, 3.63) is 23.8 Å². The summed E-state index contributed by atoms with van der Waals surface area (Å²) in [7, 11) is 0. The first kappa shape index (κ1) is 14.3. The number of nitrogens with two attached hydrogens (primary N) is 2. The van der Waals surface area contributed by atoms with Crippen molar-refractivity contribution < 1.29 is 9.90 Å². The number of hydrogen-bond donors (Lipinski definition) is 4. The van der Waals surface area contributed by atoms with E-state index < -0.39 is 5.91 Å². The van der Waals surface area contributed by atoms with Crippen LogP contribution in [0.2, 0.25) is 0 Å². The van der Waals surface area contributed by atoms with Crippen LogP contribution in [0.4, 0.5) is 11.4 Å². The Hall–Kier alpha value is -1.75. The molecule has 0 aromatic heterocycles. The summed E-state index contributed by atoms with van der Waals surface area (Å²) >= 11 is 0. The van der Waals surface area contributed by atoms with Crippen molar-refractivity contribution in [2.75, 3.05) is 17.7 Å². The number of rotatable bonds is 6. The first-order valence-electron chi connectivity index (χ1n) is 6.00. The Morgan fingerprint density at radius 3 is 2.61 bits per heavy atom. The molecule has 0 radical (unpaired) electrons. The van der Waals surface area contributed by atoms with Crippen LogP contribution in [0, 0.1) is 0 Å². The first-order valence-corrected chi connectivity index (χ1v) is 6.00. The lowest BCUT2D eigenvalue weighted by Gasteiger charge is -2.31. The van der Waals surface area contributed by atoms with Gasteiger partial charge < -0.3 is 21.9 Å². The smallest absolute Gasteiger partial charge is 0.248 e. The highest BCUT2D eigenvalue weighted by Gasteiger charge is 2.21. The molecule has 18 heavy (non-hydrogen) atoms. The van der Waals surface area contributed by atoms with Gasteiger partial charge in [-0.15, -0.1) is 0 Å². The van der Waals surface area contributed by atoms with Crippen LogP contribution in [-0.2, 0) is 0 Å². The quantitative estimate of drug-likeness (QED) is 0.573. The fourth-order valence-electron chi connectivity index (χ4n) is 1.73. The summed E-state index contributed by atoms with van der Waals surface area (Å²) in [5.41, 5.74) is 12.5. The zero-order valence-electron chi connectivity index (χ0n) is 10.9. The molecule has 0 aliphatic rings. The van der Waals surface area contributed by atoms with Crippen LogP contribution in [0.25, 0.3) is 0 Å². The van der Waals surface area contributed by atoms with Crippen molar-refractivity contribution in [1.82, 2.24) is 0 Å². The predicted molar refractivity (Wildman–Crippen MR) is 73.4 cm³/mol. The molecule has 1 atom stereocenters. The molecule has 0 aliphatic carbocycles. The number of nitrogens with one attached hydrogen (secondary N) is 1. The fourth-order valence-corrected chi connectivity index (χ4v) is 1.73. The zero-order chi connectivity index (χ0) is 13.8. The molecule has 100 valence electrons. The highest BCUT2D eigenvalue weighted by molar-refractivity contribution is 5.94. The SMILES string of the molecule is CCC(C)(CCO)Nc1ccc(C(N)=O)cc1N. The van der Waals surface area contributed by atoms with Crippen molar-refractivity contribution in [2.45, 2.75) is 32.2 Å². The predicted octanol–water partition coefficient (Wildman–Crippen LogP) is 1.33. The summed E-state index contributed by atoms with van der Waals surface area (Å²) in [5, 5.41) is 12.4. The zero-order valence-corrected chi connectivity index (χ0v) is 10.9. The average molecular weight is 251 g/mol. The third-order valence-electron chi connectivity index (χ3n) is 3.22. The van der Waals surface area contributed by atoms with Crippen LogP contribution < -0.4 is 16.8 Å². The van der Waals surface area contributed by atoms with Crippen molar-refractivity contribution in [2.24, 2.45) is 5.73 Å². The molecule has 1 amide bonds. The van der Waals surface area contributed by atoms with Crippen molar-refractivity contribution in [3.8, 4) is 0 Å². The van der Waals surface area contributed by atoms with Crippen LogP contribution >= 0.6 is 0 Å². The van der Waals surface area contributed by atoms with E-state index in [1.54, 1.807) is 18.2 Å². The van der Waals surface area contributed by atoms with Gasteiger partial charge in [0.2, 0.25) is 5.91 Å². The third kappa shape index (κ3) is 3.37. The van der Waals surface area contributed by atoms with Crippen LogP contribution in [0.3, 0.4) is 0 Å². The van der Waals surface area contributed by atoms with E-state index in [1.165, 1.54) is 0 Å². The molecule has 1 aromatic carbocycles. The van der Waals surface area contributed by atoms with Gasteiger partial charge >= 0.3 is 0 Å². The summed E-state index contributed by atoms with van der Waals surface area (Å²) in [6.45, 7) is 4.16. The van der Waals surface area contributed by atoms with Crippen LogP contribution in [0.5, 0.6) is 0 Å². The molecule has 5 heteroatoms. The molecule has 1 rings (SSSR count). The molecular formula is C13H21N3O2. The minimum absolute atomic E-state index is 0.108. The molecule has 0 saturated carbocycles. The molecule has 0 fully saturated rings. The van der Waals surface area contributed by atoms with Gasteiger partial charge in [-0.05, 0) is 38.0 Å². The van der Waals surface area contributed by atoms with Gasteiger partial charge in [0.1, 0.15) is 0 Å². The van der Waals surface area contributed by atoms with E-state index in [4.69, 9.17) is 16.6 Å². The topological polar surface area (TPSA) is 101 Å². The normalized spacial score (nSPS) is 13.9. The van der Waals surface area contributed by atoms with E-state index in [2.05, 4.69) is 5.32 Å². The Labute approximate surface area is 107 Å². The highest BCUT2D eigenvalue weighted by atomic mass is 16.3. The lowest BCUT2D eigenvalue weighted by atomic mass is 9.94. The Bertz CT molecular complexity index is 434. The number of anilines is 2. The number of benzene rings is 1. The van der Waals surface area contributed by atoms with Gasteiger partial charge in [-0.1, -0.05) is 6.92 Å². The van der Waals surface area contributed by atoms with Crippen LogP contribution in [-0.4, -0.2) is 23.2 Å². The van der Waals surface area contributed by atoms with Gasteiger partial charge in [0.25, 0.3) is 0 Å². The molecule has 0 heterocycles. The Balaban J connectivity index is 2.94. The van der Waals surface area contributed by atoms with Crippen LogP contribution in [0.1, 0.15) is 37.0 Å². The number of hydrogen-bond acceptors (Lipinski definition) is 4. The van der Waals surface area contributed by atoms with E-state index in [0.29, 0.717) is 17.7 Å². The van der Waals surface area contributed by atoms with E-state index in [1.807, 2.05) is 13.8 Å². The summed E-state index contributed by atoms with van der Waals surface area (Å²) in [5.74, 6) is -0.498. The van der Waals surface area contributed by atoms with E-state index in [-0.39, 0.29) is 12.1 Å². The number of aliphatic hydroxyl groups is 1. The van der Waals surface area contributed by atoms with Crippen molar-refractivity contribution in [1.29, 1.82) is 0 Å². The molecule has 1 unspecified atom stereocenters. The molecule has 1 aromatic rings. The Kier molecular flexibility index (Phi) is 4.55. The molecule has 0 bridgehead atoms. The van der Waals surface area contributed by atoms with E-state index in [0.717, 1.165) is 12.1 Å². The lowest BCUT2D eigenvalue weighted by molar-refractivity contribution is 0.100. The van der Waals surface area contributed by atoms with Crippen molar-refractivity contribution in [3.63, 3.8) is 0 Å². The monoisotopic (exact) mass is 251 g/mol. The third-order valence-corrected chi connectivity index (χ3v) is 3.22. The van der Waals surface area contributed by atoms with E-state index >= 15 is 0 Å². The number of amides is 1. The molecule has 5 nitrogen and oxygen atoms in total. The van der Waals surface area contributed by atoms with Gasteiger partial charge in [-0.25, -0.2) is 0 Å². The Morgan fingerprint density at radius 1 is 1.50 bits per heavy atom. The van der Waals surface area contributed by atoms with Crippen molar-refractivity contribution >= 4 is 17.3 Å². The average Bonchev–Trinajstić information content (AvgIpc) is 2.32. The number of aliphatic hydroxyl groups excluding tert-OH is 1. The maximum Gasteiger partial charge on any atom is 0.248 e. The number of primary amides is 1. The van der Waals surface area contributed by atoms with Gasteiger partial charge in [0.15, 0.2) is 0 Å². The van der Waals surface area contributed by atoms with Crippen LogP contribution in [0.15, 0.2) is 18.2 Å². The number of carbonyl (C=O) groups is 1. The largest absolute Gasteiger partial charge is 0.397 e. The highest BCUT2D eigenvalue weighted by Crippen LogP contribution is 2.26. The summed E-state index contributed by atoms with van der Waals surface area (Å²) in [6, 6.07) is 4.93. The molecule has 0 aliphatic heterocycles. The lowest BCUT2D eigenvalue weighted by Crippen LogP contribution is -2.35. The second-order valence-corrected chi connectivity index (χ2v) is 4.68. The Morgan fingerprint density at radius 2 is 2.17 bits per heavy atom. The molecule has 6 N–H and O–H groups in total. The second-order valence-electron chi connectivity index (χ2n) is 4.68. The fraction of sp³-hybridized carbons (Fsp3) is 0.462. The minimum Gasteiger partial charge on any atom is -0.397 e. The summed E-state index contributed by atoms with van der Waals surface area (Å²) in [6.07, 6.45) is 1.48. The standard InChI is InChI=1S/C13H21N3O2/c1-3-13(2,6-7-17)16-11-5-4-9(12(15)18)8-10(11)14/h4-5,8,16-17H,3,6-7,14H2,1-2H3,(H2,15,18). The minimum atomic E-state index is -0.498. The number of carbonyl (C=O) groups excluding carboxylic acids is 1. The van der Waals surface area contributed by atoms with Gasteiger partial charge in [-0.3, -0.25) is 4.79 Å². The molecule has 0 saturated heterocycles. The molecule has 0 spiro atoms. The maximum absolute atomic E-state index is 11.0. The summed E-state index contributed by atoms with van der Waals surface area (Å²) < 4.78 is 0. The number of nitrogen functional groups attached to an aromatic ring is 1.